The number of ether oxygens (including phenoxy) is 2. The molecule has 0 fully saturated rings. The first-order valence-corrected chi connectivity index (χ1v) is 9.70. The van der Waals surface area contributed by atoms with Crippen molar-refractivity contribution >= 4 is 27.3 Å². The van der Waals surface area contributed by atoms with E-state index in [-0.39, 0.29) is 12.2 Å². The number of hydrogen-bond donors (Lipinski definition) is 0. The molecule has 3 aromatic carbocycles. The molecule has 0 amide bonds. The summed E-state index contributed by atoms with van der Waals surface area (Å²) in [7, 11) is 3.11. The van der Waals surface area contributed by atoms with E-state index in [2.05, 4.69) is 6.07 Å². The summed E-state index contributed by atoms with van der Waals surface area (Å²) in [6.07, 6.45) is 0.259. The van der Waals surface area contributed by atoms with Crippen LogP contribution in [0.5, 0.6) is 11.5 Å². The van der Waals surface area contributed by atoms with Crippen molar-refractivity contribution in [1.82, 2.24) is 4.98 Å². The molecule has 4 nitrogen and oxygen atoms in total. The van der Waals surface area contributed by atoms with Crippen LogP contribution in [0.4, 0.5) is 0 Å². The quantitative estimate of drug-likeness (QED) is 0.414. The predicted molar refractivity (Wildman–Crippen MR) is 113 cm³/mol. The van der Waals surface area contributed by atoms with Crippen molar-refractivity contribution in [3.05, 3.63) is 77.9 Å². The minimum absolute atomic E-state index is 0.0456. The number of ketones is 1. The summed E-state index contributed by atoms with van der Waals surface area (Å²) in [6.45, 7) is 0. The average Bonchev–Trinajstić information content (AvgIpc) is 3.17. The molecule has 0 saturated carbocycles. The number of Topliss-reactive ketones (excluding diaryl/α,β-unsaturated/α-hetero) is 1. The van der Waals surface area contributed by atoms with Crippen LogP contribution in [0, 0.1) is 0 Å². The molecule has 4 rings (SSSR count). The van der Waals surface area contributed by atoms with Gasteiger partial charge >= 0.3 is 0 Å². The highest BCUT2D eigenvalue weighted by Crippen LogP contribution is 2.32. The fourth-order valence-electron chi connectivity index (χ4n) is 3.21. The molecule has 0 aliphatic heterocycles. The number of methoxy groups -OCH3 is 2. The Morgan fingerprint density at radius 1 is 0.929 bits per heavy atom. The Morgan fingerprint density at radius 2 is 1.64 bits per heavy atom. The SMILES string of the molecule is COc1cccc(OC)c1C(=O)Cc1cccc(-c2nc3ccccc3s2)c1. The molecule has 0 spiro atoms. The molecule has 140 valence electrons. The minimum Gasteiger partial charge on any atom is -0.496 e. The van der Waals surface area contributed by atoms with Crippen LogP contribution in [0.25, 0.3) is 20.8 Å². The van der Waals surface area contributed by atoms with Gasteiger partial charge in [-0.2, -0.15) is 0 Å². The Bertz CT molecular complexity index is 1090. The van der Waals surface area contributed by atoms with Crippen LogP contribution in [0.1, 0.15) is 15.9 Å². The highest BCUT2D eigenvalue weighted by Gasteiger charge is 2.18. The van der Waals surface area contributed by atoms with E-state index in [0.717, 1.165) is 26.4 Å². The number of hydrogen-bond acceptors (Lipinski definition) is 5. The van der Waals surface area contributed by atoms with E-state index in [0.29, 0.717) is 17.1 Å². The summed E-state index contributed by atoms with van der Waals surface area (Å²) in [6, 6.07) is 21.4. The normalized spacial score (nSPS) is 10.8. The molecule has 1 heterocycles. The smallest absolute Gasteiger partial charge is 0.174 e. The summed E-state index contributed by atoms with van der Waals surface area (Å²) in [5.74, 6) is 0.995. The van der Waals surface area contributed by atoms with Gasteiger partial charge in [-0.05, 0) is 35.9 Å². The van der Waals surface area contributed by atoms with Crippen molar-refractivity contribution in [1.29, 1.82) is 0 Å². The predicted octanol–water partition coefficient (Wildman–Crippen LogP) is 5.41. The van der Waals surface area contributed by atoms with Crippen molar-refractivity contribution < 1.29 is 14.3 Å². The van der Waals surface area contributed by atoms with Gasteiger partial charge in [-0.15, -0.1) is 11.3 Å². The zero-order chi connectivity index (χ0) is 19.5. The van der Waals surface area contributed by atoms with E-state index in [1.165, 1.54) is 0 Å². The summed E-state index contributed by atoms with van der Waals surface area (Å²) in [5, 5.41) is 0.949. The van der Waals surface area contributed by atoms with Gasteiger partial charge in [0.25, 0.3) is 0 Å². The van der Waals surface area contributed by atoms with Gasteiger partial charge in [-0.1, -0.05) is 36.4 Å². The maximum atomic E-state index is 13.0. The van der Waals surface area contributed by atoms with Crippen molar-refractivity contribution in [3.8, 4) is 22.1 Å². The van der Waals surface area contributed by atoms with E-state index in [4.69, 9.17) is 14.5 Å². The van der Waals surface area contributed by atoms with Crippen molar-refractivity contribution in [3.63, 3.8) is 0 Å². The second kappa shape index (κ2) is 7.82. The molecular formula is C23H19NO3S. The largest absolute Gasteiger partial charge is 0.496 e. The summed E-state index contributed by atoms with van der Waals surface area (Å²) < 4.78 is 11.9. The second-order valence-corrected chi connectivity index (χ2v) is 7.36. The van der Waals surface area contributed by atoms with Crippen LogP contribution in [-0.2, 0) is 6.42 Å². The number of benzene rings is 3. The maximum absolute atomic E-state index is 13.0. The van der Waals surface area contributed by atoms with Crippen LogP contribution in [-0.4, -0.2) is 25.0 Å². The number of carbonyl (C=O) groups is 1. The Hall–Kier alpha value is -3.18. The van der Waals surface area contributed by atoms with E-state index in [1.807, 2.05) is 48.5 Å². The summed E-state index contributed by atoms with van der Waals surface area (Å²) >= 11 is 1.65. The molecule has 0 radical (unpaired) electrons. The topological polar surface area (TPSA) is 48.4 Å². The van der Waals surface area contributed by atoms with Crippen LogP contribution in [0.2, 0.25) is 0 Å². The molecule has 0 atom stereocenters. The third-order valence-corrected chi connectivity index (χ3v) is 5.62. The van der Waals surface area contributed by atoms with Gasteiger partial charge in [-0.25, -0.2) is 4.98 Å². The van der Waals surface area contributed by atoms with E-state index in [9.17, 15) is 4.79 Å². The number of para-hydroxylation sites is 1. The van der Waals surface area contributed by atoms with E-state index < -0.39 is 0 Å². The number of thiazole rings is 1. The third kappa shape index (κ3) is 3.49. The highest BCUT2D eigenvalue weighted by atomic mass is 32.1. The van der Waals surface area contributed by atoms with Gasteiger partial charge < -0.3 is 9.47 Å². The standard InChI is InChI=1S/C23H19NO3S/c1-26-19-10-6-11-20(27-2)22(19)18(25)14-15-7-5-8-16(13-15)23-24-17-9-3-4-12-21(17)28-23/h3-13H,14H2,1-2H3. The Labute approximate surface area is 167 Å². The first-order chi connectivity index (χ1) is 13.7. The van der Waals surface area contributed by atoms with E-state index >= 15 is 0 Å². The van der Waals surface area contributed by atoms with Crippen molar-refractivity contribution in [2.24, 2.45) is 0 Å². The molecule has 0 bridgehead atoms. The first-order valence-electron chi connectivity index (χ1n) is 8.88. The number of aromatic nitrogens is 1. The Morgan fingerprint density at radius 3 is 2.36 bits per heavy atom. The molecule has 0 N–H and O–H groups in total. The fourth-order valence-corrected chi connectivity index (χ4v) is 4.17. The summed E-state index contributed by atoms with van der Waals surface area (Å²) in [4.78, 5) is 17.7. The van der Waals surface area contributed by atoms with Crippen LogP contribution in [0.15, 0.2) is 66.7 Å². The lowest BCUT2D eigenvalue weighted by molar-refractivity contribution is 0.0987. The molecule has 0 saturated heterocycles. The number of carbonyl (C=O) groups excluding carboxylic acids is 1. The maximum Gasteiger partial charge on any atom is 0.174 e. The van der Waals surface area contributed by atoms with Gasteiger partial charge in [0.05, 0.1) is 24.4 Å². The van der Waals surface area contributed by atoms with Crippen LogP contribution in [0.3, 0.4) is 0 Å². The van der Waals surface area contributed by atoms with Gasteiger partial charge in [0, 0.05) is 12.0 Å². The summed E-state index contributed by atoms with van der Waals surface area (Å²) in [5.41, 5.74) is 3.40. The monoisotopic (exact) mass is 389 g/mol. The van der Waals surface area contributed by atoms with Gasteiger partial charge in [0.15, 0.2) is 5.78 Å². The zero-order valence-corrected chi connectivity index (χ0v) is 16.5. The lowest BCUT2D eigenvalue weighted by Gasteiger charge is -2.12. The average molecular weight is 389 g/mol. The van der Waals surface area contributed by atoms with E-state index in [1.54, 1.807) is 37.7 Å². The molecule has 0 unspecified atom stereocenters. The molecule has 5 heteroatoms. The van der Waals surface area contributed by atoms with Gasteiger partial charge in [0.1, 0.15) is 22.1 Å². The van der Waals surface area contributed by atoms with Crippen LogP contribution < -0.4 is 9.47 Å². The van der Waals surface area contributed by atoms with Crippen molar-refractivity contribution in [2.75, 3.05) is 14.2 Å². The zero-order valence-electron chi connectivity index (χ0n) is 15.6. The number of fused-ring (bicyclic) bond motifs is 1. The highest BCUT2D eigenvalue weighted by molar-refractivity contribution is 7.21. The molecule has 0 aliphatic carbocycles. The number of rotatable bonds is 6. The third-order valence-electron chi connectivity index (χ3n) is 4.54. The first kappa shape index (κ1) is 18.2. The lowest BCUT2D eigenvalue weighted by Crippen LogP contribution is -2.08. The fraction of sp³-hybridized carbons (Fsp3) is 0.130. The minimum atomic E-state index is -0.0456. The van der Waals surface area contributed by atoms with Gasteiger partial charge in [-0.3, -0.25) is 4.79 Å². The Kier molecular flexibility index (Phi) is 5.08. The molecule has 1 aromatic heterocycles. The van der Waals surface area contributed by atoms with Gasteiger partial charge in [0.2, 0.25) is 0 Å². The molecule has 0 aliphatic rings. The second-order valence-electron chi connectivity index (χ2n) is 6.32. The van der Waals surface area contributed by atoms with Crippen LogP contribution >= 0.6 is 11.3 Å². The van der Waals surface area contributed by atoms with Crippen molar-refractivity contribution in [2.45, 2.75) is 6.42 Å². The lowest BCUT2D eigenvalue weighted by atomic mass is 10.00. The Balaban J connectivity index is 1.65. The molecular weight excluding hydrogens is 370 g/mol. The molecule has 28 heavy (non-hydrogen) atoms. The molecule has 4 aromatic rings. The number of nitrogens with zero attached hydrogens (tertiary/aromatic N) is 1.